The lowest BCUT2D eigenvalue weighted by Crippen LogP contribution is -2.13. The number of nitrogens with zero attached hydrogens (tertiary/aromatic N) is 1. The number of aryl methyl sites for hydroxylation is 1. The summed E-state index contributed by atoms with van der Waals surface area (Å²) in [5, 5.41) is 0. The van der Waals surface area contributed by atoms with Crippen LogP contribution in [0.15, 0.2) is 18.3 Å². The number of thioether (sulfide) groups is 1. The van der Waals surface area contributed by atoms with Crippen LogP contribution in [0.1, 0.15) is 36.8 Å². The zero-order valence-electron chi connectivity index (χ0n) is 9.70. The van der Waals surface area contributed by atoms with Gasteiger partial charge in [0.05, 0.1) is 5.75 Å². The standard InChI is InChI=1S/C12H17NOS/c1-9-5-6-10(7-13-9)11(14)8-15-12(2,3)4/h5-7H,8H2,1-4H3. The van der Waals surface area contributed by atoms with Crippen molar-refractivity contribution in [3.05, 3.63) is 29.6 Å². The van der Waals surface area contributed by atoms with Gasteiger partial charge in [-0.2, -0.15) is 0 Å². The minimum atomic E-state index is 0.133. The Morgan fingerprint density at radius 1 is 1.40 bits per heavy atom. The molecule has 1 aromatic heterocycles. The minimum Gasteiger partial charge on any atom is -0.293 e. The smallest absolute Gasteiger partial charge is 0.174 e. The lowest BCUT2D eigenvalue weighted by Gasteiger charge is -2.16. The number of ketones is 1. The Morgan fingerprint density at radius 3 is 2.53 bits per heavy atom. The van der Waals surface area contributed by atoms with Crippen molar-refractivity contribution in [2.75, 3.05) is 5.75 Å². The largest absolute Gasteiger partial charge is 0.293 e. The second kappa shape index (κ2) is 4.79. The third-order valence-corrected chi connectivity index (χ3v) is 3.14. The molecule has 0 fully saturated rings. The van der Waals surface area contributed by atoms with Gasteiger partial charge in [0, 0.05) is 22.2 Å². The lowest BCUT2D eigenvalue weighted by atomic mass is 10.2. The fraction of sp³-hybridized carbons (Fsp3) is 0.500. The van der Waals surface area contributed by atoms with Crippen molar-refractivity contribution < 1.29 is 4.79 Å². The van der Waals surface area contributed by atoms with Gasteiger partial charge in [-0.25, -0.2) is 0 Å². The van der Waals surface area contributed by atoms with Crippen LogP contribution >= 0.6 is 11.8 Å². The molecule has 0 radical (unpaired) electrons. The summed E-state index contributed by atoms with van der Waals surface area (Å²) < 4.78 is 0.133. The molecule has 0 aliphatic carbocycles. The molecule has 0 unspecified atom stereocenters. The van der Waals surface area contributed by atoms with Gasteiger partial charge in [-0.1, -0.05) is 20.8 Å². The van der Waals surface area contributed by atoms with E-state index in [0.29, 0.717) is 11.3 Å². The molecular formula is C12H17NOS. The zero-order valence-corrected chi connectivity index (χ0v) is 10.5. The summed E-state index contributed by atoms with van der Waals surface area (Å²) in [6, 6.07) is 3.71. The molecular weight excluding hydrogens is 206 g/mol. The molecule has 0 atom stereocenters. The van der Waals surface area contributed by atoms with Crippen molar-refractivity contribution in [1.29, 1.82) is 0 Å². The fourth-order valence-electron chi connectivity index (χ4n) is 0.998. The van der Waals surface area contributed by atoms with Crippen molar-refractivity contribution in [2.45, 2.75) is 32.4 Å². The van der Waals surface area contributed by atoms with Gasteiger partial charge in [-0.15, -0.1) is 11.8 Å². The van der Waals surface area contributed by atoms with Crippen molar-refractivity contribution >= 4 is 17.5 Å². The molecule has 0 aliphatic rings. The van der Waals surface area contributed by atoms with E-state index in [2.05, 4.69) is 25.8 Å². The second-order valence-electron chi connectivity index (χ2n) is 4.51. The maximum absolute atomic E-state index is 11.7. The third kappa shape index (κ3) is 4.47. The maximum Gasteiger partial charge on any atom is 0.174 e. The molecule has 0 aromatic carbocycles. The normalized spacial score (nSPS) is 11.5. The van der Waals surface area contributed by atoms with Gasteiger partial charge in [0.2, 0.25) is 0 Å². The van der Waals surface area contributed by atoms with E-state index < -0.39 is 0 Å². The highest BCUT2D eigenvalue weighted by Crippen LogP contribution is 2.23. The van der Waals surface area contributed by atoms with Gasteiger partial charge < -0.3 is 0 Å². The molecule has 0 saturated carbocycles. The average Bonchev–Trinajstić information content (AvgIpc) is 2.14. The van der Waals surface area contributed by atoms with E-state index >= 15 is 0 Å². The van der Waals surface area contributed by atoms with Crippen molar-refractivity contribution in [3.8, 4) is 0 Å². The number of rotatable bonds is 3. The van der Waals surface area contributed by atoms with Crippen LogP contribution in [0.3, 0.4) is 0 Å². The Hall–Kier alpha value is -0.830. The average molecular weight is 223 g/mol. The quantitative estimate of drug-likeness (QED) is 0.737. The molecule has 0 amide bonds. The summed E-state index contributed by atoms with van der Waals surface area (Å²) in [4.78, 5) is 15.9. The Labute approximate surface area is 95.5 Å². The molecule has 0 saturated heterocycles. The first kappa shape index (κ1) is 12.2. The number of carbonyl (C=O) groups is 1. The first-order valence-electron chi connectivity index (χ1n) is 4.98. The molecule has 0 bridgehead atoms. The molecule has 0 spiro atoms. The highest BCUT2D eigenvalue weighted by molar-refractivity contribution is 8.01. The molecule has 1 aromatic rings. The summed E-state index contributed by atoms with van der Waals surface area (Å²) >= 11 is 1.66. The van der Waals surface area contributed by atoms with E-state index in [1.807, 2.05) is 19.1 Å². The number of carbonyl (C=O) groups excluding carboxylic acids is 1. The van der Waals surface area contributed by atoms with Gasteiger partial charge in [0.25, 0.3) is 0 Å². The molecule has 1 rings (SSSR count). The van der Waals surface area contributed by atoms with E-state index in [1.165, 1.54) is 0 Å². The van der Waals surface area contributed by atoms with Crippen LogP contribution < -0.4 is 0 Å². The Balaban J connectivity index is 2.58. The lowest BCUT2D eigenvalue weighted by molar-refractivity contribution is 0.102. The molecule has 15 heavy (non-hydrogen) atoms. The van der Waals surface area contributed by atoms with Crippen LogP contribution in [0.4, 0.5) is 0 Å². The van der Waals surface area contributed by atoms with Crippen LogP contribution in [0.2, 0.25) is 0 Å². The molecule has 2 nitrogen and oxygen atoms in total. The van der Waals surface area contributed by atoms with Crippen LogP contribution in [-0.2, 0) is 0 Å². The van der Waals surface area contributed by atoms with Gasteiger partial charge in [-0.3, -0.25) is 9.78 Å². The molecule has 0 N–H and O–H groups in total. The van der Waals surface area contributed by atoms with E-state index in [4.69, 9.17) is 0 Å². The molecule has 0 aliphatic heterocycles. The Bertz CT molecular complexity index is 338. The molecule has 1 heterocycles. The van der Waals surface area contributed by atoms with E-state index in [1.54, 1.807) is 18.0 Å². The number of Topliss-reactive ketones (excluding diaryl/α,β-unsaturated/α-hetero) is 1. The predicted octanol–water partition coefficient (Wildman–Crippen LogP) is 3.10. The summed E-state index contributed by atoms with van der Waals surface area (Å²) in [7, 11) is 0. The Kier molecular flexibility index (Phi) is 3.91. The highest BCUT2D eigenvalue weighted by Gasteiger charge is 2.14. The monoisotopic (exact) mass is 223 g/mol. The van der Waals surface area contributed by atoms with Crippen LogP contribution in [0.5, 0.6) is 0 Å². The first-order valence-corrected chi connectivity index (χ1v) is 5.97. The second-order valence-corrected chi connectivity index (χ2v) is 6.31. The van der Waals surface area contributed by atoms with Gasteiger partial charge >= 0.3 is 0 Å². The number of pyridine rings is 1. The predicted molar refractivity (Wildman–Crippen MR) is 65.5 cm³/mol. The number of hydrogen-bond acceptors (Lipinski definition) is 3. The Morgan fingerprint density at radius 2 is 2.07 bits per heavy atom. The SMILES string of the molecule is Cc1ccc(C(=O)CSC(C)(C)C)cn1. The van der Waals surface area contributed by atoms with Crippen LogP contribution in [0, 0.1) is 6.92 Å². The summed E-state index contributed by atoms with van der Waals surface area (Å²) in [6.07, 6.45) is 1.65. The van der Waals surface area contributed by atoms with E-state index in [-0.39, 0.29) is 10.5 Å². The molecule has 82 valence electrons. The topological polar surface area (TPSA) is 30.0 Å². The van der Waals surface area contributed by atoms with E-state index in [9.17, 15) is 4.79 Å². The molecule has 3 heteroatoms. The first-order chi connectivity index (χ1) is 6.88. The third-order valence-electron chi connectivity index (χ3n) is 1.87. The number of hydrogen-bond donors (Lipinski definition) is 0. The van der Waals surface area contributed by atoms with Gasteiger partial charge in [0.1, 0.15) is 0 Å². The van der Waals surface area contributed by atoms with Crippen molar-refractivity contribution in [1.82, 2.24) is 4.98 Å². The zero-order chi connectivity index (χ0) is 11.5. The van der Waals surface area contributed by atoms with Crippen LogP contribution in [-0.4, -0.2) is 21.3 Å². The van der Waals surface area contributed by atoms with Crippen molar-refractivity contribution in [2.24, 2.45) is 0 Å². The fourth-order valence-corrected chi connectivity index (χ4v) is 1.73. The summed E-state index contributed by atoms with van der Waals surface area (Å²) in [5.41, 5.74) is 1.65. The number of aromatic nitrogens is 1. The summed E-state index contributed by atoms with van der Waals surface area (Å²) in [5.74, 6) is 0.677. The minimum absolute atomic E-state index is 0.133. The van der Waals surface area contributed by atoms with Crippen LogP contribution in [0.25, 0.3) is 0 Å². The van der Waals surface area contributed by atoms with Gasteiger partial charge in [0.15, 0.2) is 5.78 Å². The van der Waals surface area contributed by atoms with Crippen molar-refractivity contribution in [3.63, 3.8) is 0 Å². The van der Waals surface area contributed by atoms with Gasteiger partial charge in [-0.05, 0) is 19.1 Å². The maximum atomic E-state index is 11.7. The summed E-state index contributed by atoms with van der Waals surface area (Å²) in [6.45, 7) is 8.24. The highest BCUT2D eigenvalue weighted by atomic mass is 32.2. The van der Waals surface area contributed by atoms with E-state index in [0.717, 1.165) is 5.69 Å².